The number of carbonyl (C=O) groups is 1. The van der Waals surface area contributed by atoms with E-state index in [0.29, 0.717) is 12.9 Å². The zero-order valence-electron chi connectivity index (χ0n) is 5.47. The summed E-state index contributed by atoms with van der Waals surface area (Å²) in [5.41, 5.74) is 0. The molecule has 1 atom stereocenters. The van der Waals surface area contributed by atoms with Crippen molar-refractivity contribution in [2.45, 2.75) is 13.0 Å². The Bertz CT molecular complexity index is 60.9. The van der Waals surface area contributed by atoms with Crippen LogP contribution >= 0.6 is 0 Å². The van der Waals surface area contributed by atoms with Crippen LogP contribution in [0.15, 0.2) is 0 Å². The summed E-state index contributed by atoms with van der Waals surface area (Å²) in [5, 5.41) is 0. The maximum Gasteiger partial charge on any atom is 2.00 e. The van der Waals surface area contributed by atoms with Gasteiger partial charge in [-0.1, -0.05) is 0 Å². The molecular weight excluding hydrogens is 237 g/mol. The van der Waals surface area contributed by atoms with Crippen molar-refractivity contribution in [1.82, 2.24) is 0 Å². The fourth-order valence-electron chi connectivity index (χ4n) is 0.253. The largest absolute Gasteiger partial charge is 2.00 e. The smallest absolute Gasteiger partial charge is 1.00 e. The number of rotatable bonds is 3. The van der Waals surface area contributed by atoms with Gasteiger partial charge >= 0.3 is 19.5 Å². The summed E-state index contributed by atoms with van der Waals surface area (Å²) in [6.45, 7) is 5.73. The number of hydrogen-bond donors (Lipinski definition) is 0. The minimum Gasteiger partial charge on any atom is -1.00 e. The SMILES string of the molecule is [Br-].[CH2-]C(C=O)OCC.[Zn+2]. The fraction of sp³-hybridized carbons (Fsp3) is 0.600. The van der Waals surface area contributed by atoms with E-state index >= 15 is 0 Å². The standard InChI is InChI=1S/C5H9O2.BrH.Zn/c1-3-7-5(2)4-6;;/h4-5H,2-3H2,1H3;1H;/q-1;;+2/p-1. The molecule has 0 aliphatic heterocycles. The maximum absolute atomic E-state index is 9.71. The number of halogens is 1. The number of carbonyl (C=O) groups excluding carboxylic acids is 1. The molecule has 0 N–H and O–H groups in total. The molecule has 0 aromatic carbocycles. The molecule has 0 spiro atoms. The van der Waals surface area contributed by atoms with Gasteiger partial charge in [-0.15, -0.1) is 0 Å². The van der Waals surface area contributed by atoms with Crippen LogP contribution in [0.4, 0.5) is 0 Å². The summed E-state index contributed by atoms with van der Waals surface area (Å²) in [6, 6.07) is 0. The van der Waals surface area contributed by atoms with Crippen molar-refractivity contribution in [2.75, 3.05) is 6.61 Å². The van der Waals surface area contributed by atoms with Crippen LogP contribution in [-0.4, -0.2) is 19.0 Å². The Kier molecular flexibility index (Phi) is 21.0. The molecule has 4 heteroatoms. The first kappa shape index (κ1) is 16.4. The molecule has 9 heavy (non-hydrogen) atoms. The first-order valence-corrected chi connectivity index (χ1v) is 2.21. The van der Waals surface area contributed by atoms with Gasteiger partial charge in [-0.05, 0) is 13.0 Å². The monoisotopic (exact) mass is 244 g/mol. The molecular formula is C5H9BrO2Zn. The Hall–Kier alpha value is 0.733. The second-order valence-electron chi connectivity index (χ2n) is 1.13. The molecule has 0 heterocycles. The second kappa shape index (κ2) is 11.5. The van der Waals surface area contributed by atoms with Crippen molar-refractivity contribution in [1.29, 1.82) is 0 Å². The van der Waals surface area contributed by atoms with Gasteiger partial charge in [0.25, 0.3) is 0 Å². The summed E-state index contributed by atoms with van der Waals surface area (Å²) in [4.78, 5) is 9.71. The van der Waals surface area contributed by atoms with Crippen molar-refractivity contribution in [3.8, 4) is 0 Å². The third-order valence-corrected chi connectivity index (χ3v) is 0.533. The Balaban J connectivity index is -0.000000180. The first-order chi connectivity index (χ1) is 3.31. The molecule has 0 aliphatic rings. The molecule has 0 fully saturated rings. The number of aldehydes is 1. The van der Waals surface area contributed by atoms with Crippen molar-refractivity contribution in [2.24, 2.45) is 0 Å². The van der Waals surface area contributed by atoms with Gasteiger partial charge in [-0.2, -0.15) is 0 Å². The summed E-state index contributed by atoms with van der Waals surface area (Å²) >= 11 is 0. The van der Waals surface area contributed by atoms with Crippen LogP contribution in [0.25, 0.3) is 0 Å². The maximum atomic E-state index is 9.71. The van der Waals surface area contributed by atoms with E-state index in [-0.39, 0.29) is 36.5 Å². The predicted octanol–water partition coefficient (Wildman–Crippen LogP) is -2.57. The van der Waals surface area contributed by atoms with E-state index in [2.05, 4.69) is 6.92 Å². The molecule has 0 saturated heterocycles. The van der Waals surface area contributed by atoms with Crippen LogP contribution in [0.3, 0.4) is 0 Å². The van der Waals surface area contributed by atoms with E-state index in [9.17, 15) is 4.79 Å². The first-order valence-electron chi connectivity index (χ1n) is 2.21. The molecule has 0 amide bonds. The van der Waals surface area contributed by atoms with E-state index in [1.54, 1.807) is 0 Å². The Morgan fingerprint density at radius 3 is 2.33 bits per heavy atom. The number of ether oxygens (including phenoxy) is 1. The van der Waals surface area contributed by atoms with E-state index < -0.39 is 6.10 Å². The van der Waals surface area contributed by atoms with Crippen molar-refractivity contribution in [3.05, 3.63) is 6.92 Å². The molecule has 0 rings (SSSR count). The predicted molar refractivity (Wildman–Crippen MR) is 26.8 cm³/mol. The molecule has 2 nitrogen and oxygen atoms in total. The summed E-state index contributed by atoms with van der Waals surface area (Å²) in [5.74, 6) is 0. The minimum absolute atomic E-state index is 0. The average Bonchev–Trinajstić information content (AvgIpc) is 1.68. The van der Waals surface area contributed by atoms with Crippen LogP contribution in [0.1, 0.15) is 6.92 Å². The van der Waals surface area contributed by atoms with Crippen LogP contribution in [0.5, 0.6) is 0 Å². The molecule has 0 saturated carbocycles. The molecule has 1 unspecified atom stereocenters. The molecule has 0 aromatic rings. The van der Waals surface area contributed by atoms with Gasteiger partial charge in [0.1, 0.15) is 6.29 Å². The van der Waals surface area contributed by atoms with E-state index in [0.717, 1.165) is 0 Å². The average molecular weight is 246 g/mol. The van der Waals surface area contributed by atoms with Gasteiger partial charge in [0.15, 0.2) is 0 Å². The van der Waals surface area contributed by atoms with Gasteiger partial charge in [0.2, 0.25) is 0 Å². The van der Waals surface area contributed by atoms with E-state index in [1.165, 1.54) is 0 Å². The van der Waals surface area contributed by atoms with Crippen LogP contribution in [0.2, 0.25) is 0 Å². The van der Waals surface area contributed by atoms with Gasteiger partial charge in [0, 0.05) is 6.61 Å². The van der Waals surface area contributed by atoms with Crippen molar-refractivity contribution in [3.63, 3.8) is 0 Å². The molecule has 0 aliphatic carbocycles. The second-order valence-corrected chi connectivity index (χ2v) is 1.13. The molecule has 50 valence electrons. The fourth-order valence-corrected chi connectivity index (χ4v) is 0.253. The quantitative estimate of drug-likeness (QED) is 0.311. The third-order valence-electron chi connectivity index (χ3n) is 0.533. The molecule has 0 aromatic heterocycles. The van der Waals surface area contributed by atoms with Crippen LogP contribution < -0.4 is 17.0 Å². The Morgan fingerprint density at radius 2 is 2.22 bits per heavy atom. The van der Waals surface area contributed by atoms with E-state index in [1.807, 2.05) is 6.92 Å². The summed E-state index contributed by atoms with van der Waals surface area (Å²) in [6.07, 6.45) is 0.189. The Labute approximate surface area is 78.9 Å². The zero-order chi connectivity index (χ0) is 5.70. The normalized spacial score (nSPS) is 10.4. The van der Waals surface area contributed by atoms with Gasteiger partial charge in [-0.3, -0.25) is 0 Å². The summed E-state index contributed by atoms with van der Waals surface area (Å²) in [7, 11) is 0. The van der Waals surface area contributed by atoms with E-state index in [4.69, 9.17) is 4.74 Å². The van der Waals surface area contributed by atoms with Gasteiger partial charge in [-0.25, -0.2) is 0 Å². The Morgan fingerprint density at radius 1 is 1.78 bits per heavy atom. The van der Waals surface area contributed by atoms with Gasteiger partial charge < -0.3 is 33.4 Å². The zero-order valence-corrected chi connectivity index (χ0v) is 10.0. The topological polar surface area (TPSA) is 26.3 Å². The van der Waals surface area contributed by atoms with Gasteiger partial charge in [0.05, 0.1) is 0 Å². The third kappa shape index (κ3) is 12.0. The number of hydrogen-bond acceptors (Lipinski definition) is 2. The molecule has 0 bridgehead atoms. The van der Waals surface area contributed by atoms with Crippen molar-refractivity contribution < 1.29 is 46.0 Å². The van der Waals surface area contributed by atoms with Crippen LogP contribution in [-0.2, 0) is 29.0 Å². The van der Waals surface area contributed by atoms with Crippen molar-refractivity contribution >= 4 is 6.29 Å². The molecule has 0 radical (unpaired) electrons. The summed E-state index contributed by atoms with van der Waals surface area (Å²) < 4.78 is 4.71. The minimum atomic E-state index is -0.481. The van der Waals surface area contributed by atoms with Crippen LogP contribution in [0, 0.1) is 6.92 Å².